The van der Waals surface area contributed by atoms with Gasteiger partial charge in [-0.15, -0.1) is 0 Å². The topological polar surface area (TPSA) is 59.9 Å². The Bertz CT molecular complexity index is 896. The summed E-state index contributed by atoms with van der Waals surface area (Å²) in [4.78, 5) is 17.4. The maximum atomic E-state index is 12.2. The number of methoxy groups -OCH3 is 1. The van der Waals surface area contributed by atoms with E-state index in [0.29, 0.717) is 28.2 Å². The maximum Gasteiger partial charge on any atom is 0.264 e. The zero-order valence-corrected chi connectivity index (χ0v) is 17.3. The van der Waals surface area contributed by atoms with Crippen molar-refractivity contribution in [3.8, 4) is 11.5 Å². The number of amidine groups is 1. The summed E-state index contributed by atoms with van der Waals surface area (Å²) in [6, 6.07) is 13.4. The molecular weight excluding hydrogens is 463 g/mol. The highest BCUT2D eigenvalue weighted by molar-refractivity contribution is 14.1. The first kappa shape index (κ1) is 18.8. The number of carbonyl (C=O) groups excluding carboxylic acids is 1. The summed E-state index contributed by atoms with van der Waals surface area (Å²) < 4.78 is 11.9. The molecule has 7 heteroatoms. The van der Waals surface area contributed by atoms with E-state index in [9.17, 15) is 4.79 Å². The van der Waals surface area contributed by atoms with Crippen molar-refractivity contribution in [3.05, 3.63) is 56.5 Å². The third-order valence-electron chi connectivity index (χ3n) is 3.51. The lowest BCUT2D eigenvalue weighted by atomic mass is 10.2. The van der Waals surface area contributed by atoms with E-state index in [1.165, 1.54) is 11.8 Å². The molecule has 1 fully saturated rings. The molecule has 1 aliphatic heterocycles. The number of para-hydroxylation sites is 1. The zero-order valence-electron chi connectivity index (χ0n) is 14.3. The molecule has 26 heavy (non-hydrogen) atoms. The number of aliphatic imine (C=N–C) groups is 1. The summed E-state index contributed by atoms with van der Waals surface area (Å²) in [7, 11) is 1.60. The first-order valence-electron chi connectivity index (χ1n) is 7.95. The van der Waals surface area contributed by atoms with Crippen LogP contribution in [0.25, 0.3) is 6.08 Å². The first-order valence-corrected chi connectivity index (χ1v) is 9.85. The van der Waals surface area contributed by atoms with E-state index >= 15 is 0 Å². The summed E-state index contributed by atoms with van der Waals surface area (Å²) >= 11 is 3.54. The summed E-state index contributed by atoms with van der Waals surface area (Å²) in [5.74, 6) is 1.16. The van der Waals surface area contributed by atoms with Crippen molar-refractivity contribution in [3.63, 3.8) is 0 Å². The molecule has 0 aromatic heterocycles. The molecule has 1 saturated heterocycles. The molecule has 0 atom stereocenters. The van der Waals surface area contributed by atoms with Crippen LogP contribution in [0.3, 0.4) is 0 Å². The highest BCUT2D eigenvalue weighted by Crippen LogP contribution is 2.32. The normalized spacial score (nSPS) is 16.8. The number of hydrogen-bond acceptors (Lipinski definition) is 5. The molecule has 1 N–H and O–H groups in total. The van der Waals surface area contributed by atoms with Crippen LogP contribution in [0.5, 0.6) is 11.5 Å². The van der Waals surface area contributed by atoms with Gasteiger partial charge in [-0.2, -0.15) is 0 Å². The van der Waals surface area contributed by atoms with E-state index in [4.69, 9.17) is 9.47 Å². The molecule has 2 aromatic carbocycles. The van der Waals surface area contributed by atoms with Crippen molar-refractivity contribution in [2.24, 2.45) is 4.99 Å². The smallest absolute Gasteiger partial charge is 0.264 e. The molecule has 1 aliphatic rings. The van der Waals surface area contributed by atoms with E-state index in [1.54, 1.807) is 7.11 Å². The lowest BCUT2D eigenvalue weighted by Gasteiger charge is -2.09. The highest BCUT2D eigenvalue weighted by atomic mass is 127. The second kappa shape index (κ2) is 8.59. The van der Waals surface area contributed by atoms with Crippen molar-refractivity contribution in [2.45, 2.75) is 6.92 Å². The van der Waals surface area contributed by atoms with E-state index in [0.717, 1.165) is 14.8 Å². The molecular formula is C19H17IN2O3S. The van der Waals surface area contributed by atoms with Gasteiger partial charge in [-0.05, 0) is 77.2 Å². The Labute approximate surface area is 170 Å². The fourth-order valence-corrected chi connectivity index (χ4v) is 3.68. The van der Waals surface area contributed by atoms with Crippen molar-refractivity contribution in [2.75, 3.05) is 13.7 Å². The van der Waals surface area contributed by atoms with Gasteiger partial charge in [0.15, 0.2) is 16.7 Å². The molecule has 0 aliphatic carbocycles. The fourth-order valence-electron chi connectivity index (χ4n) is 2.33. The molecule has 0 saturated carbocycles. The number of benzene rings is 2. The fraction of sp³-hybridized carbons (Fsp3) is 0.158. The average Bonchev–Trinajstić information content (AvgIpc) is 2.97. The van der Waals surface area contributed by atoms with Crippen LogP contribution in [-0.2, 0) is 4.79 Å². The Balaban J connectivity index is 1.84. The number of rotatable bonds is 5. The highest BCUT2D eigenvalue weighted by Gasteiger charge is 2.24. The third-order valence-corrected chi connectivity index (χ3v) is 5.33. The Morgan fingerprint density at radius 1 is 1.23 bits per heavy atom. The Kier molecular flexibility index (Phi) is 6.20. The van der Waals surface area contributed by atoms with Crippen LogP contribution >= 0.6 is 34.4 Å². The summed E-state index contributed by atoms with van der Waals surface area (Å²) in [5.41, 5.74) is 1.69. The third kappa shape index (κ3) is 4.39. The van der Waals surface area contributed by atoms with Crippen LogP contribution in [0.2, 0.25) is 0 Å². The lowest BCUT2D eigenvalue weighted by Crippen LogP contribution is -2.19. The van der Waals surface area contributed by atoms with Gasteiger partial charge in [-0.3, -0.25) is 4.79 Å². The monoisotopic (exact) mass is 480 g/mol. The molecule has 0 radical (unpaired) electrons. The number of nitrogens with zero attached hydrogens (tertiary/aromatic N) is 1. The quantitative estimate of drug-likeness (QED) is 0.503. The van der Waals surface area contributed by atoms with Crippen molar-refractivity contribution < 1.29 is 14.3 Å². The predicted octanol–water partition coefficient (Wildman–Crippen LogP) is 4.59. The van der Waals surface area contributed by atoms with Gasteiger partial charge >= 0.3 is 0 Å². The van der Waals surface area contributed by atoms with E-state index in [-0.39, 0.29) is 5.91 Å². The summed E-state index contributed by atoms with van der Waals surface area (Å²) in [5, 5.41) is 3.38. The number of thioether (sulfide) groups is 1. The zero-order chi connectivity index (χ0) is 18.5. The lowest BCUT2D eigenvalue weighted by molar-refractivity contribution is -0.115. The standard InChI is InChI=1S/C19H17IN2O3S/c1-3-25-15-9-8-12(10-16(15)24-2)11-17-18(23)22-19(26-17)21-14-7-5-4-6-13(14)20/h4-11H,3H2,1-2H3,(H,21,22,23)/b17-11+. The van der Waals surface area contributed by atoms with Crippen LogP contribution in [0.15, 0.2) is 52.4 Å². The van der Waals surface area contributed by atoms with Crippen LogP contribution in [0.4, 0.5) is 5.69 Å². The summed E-state index contributed by atoms with van der Waals surface area (Å²) in [6.07, 6.45) is 1.82. The van der Waals surface area contributed by atoms with Gasteiger partial charge in [0.2, 0.25) is 0 Å². The number of hydrogen-bond donors (Lipinski definition) is 1. The van der Waals surface area contributed by atoms with Crippen molar-refractivity contribution in [1.82, 2.24) is 5.32 Å². The van der Waals surface area contributed by atoms with Gasteiger partial charge < -0.3 is 14.8 Å². The minimum absolute atomic E-state index is 0.160. The van der Waals surface area contributed by atoms with Crippen LogP contribution in [0, 0.1) is 3.57 Å². The maximum absolute atomic E-state index is 12.2. The van der Waals surface area contributed by atoms with Gasteiger partial charge in [0, 0.05) is 3.57 Å². The van der Waals surface area contributed by atoms with Gasteiger partial charge in [0.05, 0.1) is 24.3 Å². The molecule has 0 unspecified atom stereocenters. The Morgan fingerprint density at radius 2 is 2.04 bits per heavy atom. The number of carbonyl (C=O) groups is 1. The largest absolute Gasteiger partial charge is 0.493 e. The molecule has 5 nitrogen and oxygen atoms in total. The molecule has 0 spiro atoms. The van der Waals surface area contributed by atoms with Crippen LogP contribution in [-0.4, -0.2) is 24.8 Å². The molecule has 3 rings (SSSR count). The van der Waals surface area contributed by atoms with E-state index in [1.807, 2.05) is 55.5 Å². The minimum atomic E-state index is -0.160. The van der Waals surface area contributed by atoms with E-state index in [2.05, 4.69) is 32.9 Å². The molecule has 0 bridgehead atoms. The predicted molar refractivity (Wildman–Crippen MR) is 114 cm³/mol. The average molecular weight is 480 g/mol. The molecule has 134 valence electrons. The van der Waals surface area contributed by atoms with E-state index < -0.39 is 0 Å². The summed E-state index contributed by atoms with van der Waals surface area (Å²) in [6.45, 7) is 2.48. The SMILES string of the molecule is CCOc1ccc(/C=C2/SC(=Nc3ccccc3I)NC2=O)cc1OC. The molecule has 2 aromatic rings. The second-order valence-electron chi connectivity index (χ2n) is 5.28. The second-order valence-corrected chi connectivity index (χ2v) is 7.47. The molecule has 1 amide bonds. The first-order chi connectivity index (χ1) is 12.6. The Morgan fingerprint density at radius 3 is 2.77 bits per heavy atom. The van der Waals surface area contributed by atoms with Crippen molar-refractivity contribution >= 4 is 57.2 Å². The van der Waals surface area contributed by atoms with Gasteiger partial charge in [-0.25, -0.2) is 4.99 Å². The number of amides is 1. The number of halogens is 1. The number of nitrogens with one attached hydrogen (secondary N) is 1. The van der Waals surface area contributed by atoms with Gasteiger partial charge in [0.1, 0.15) is 0 Å². The van der Waals surface area contributed by atoms with Crippen LogP contribution in [0.1, 0.15) is 12.5 Å². The minimum Gasteiger partial charge on any atom is -0.493 e. The molecule has 1 heterocycles. The number of ether oxygens (including phenoxy) is 2. The Hall–Kier alpha value is -2.00. The van der Waals surface area contributed by atoms with Gasteiger partial charge in [-0.1, -0.05) is 18.2 Å². The van der Waals surface area contributed by atoms with Gasteiger partial charge in [0.25, 0.3) is 5.91 Å². The van der Waals surface area contributed by atoms with Crippen molar-refractivity contribution in [1.29, 1.82) is 0 Å². The van der Waals surface area contributed by atoms with Crippen LogP contribution < -0.4 is 14.8 Å².